The average molecular weight is 280 g/mol. The van der Waals surface area contributed by atoms with Crippen molar-refractivity contribution >= 4 is 0 Å². The second-order valence-corrected chi connectivity index (χ2v) is 3.66. The van der Waals surface area contributed by atoms with Gasteiger partial charge in [-0.25, -0.2) is 0 Å². The Hall–Kier alpha value is -2.06. The lowest BCUT2D eigenvalue weighted by Gasteiger charge is -2.11. The van der Waals surface area contributed by atoms with Gasteiger partial charge in [-0.3, -0.25) is 0 Å². The van der Waals surface area contributed by atoms with Gasteiger partial charge in [-0.2, -0.15) is 4.98 Å². The molecule has 2 heterocycles. The van der Waals surface area contributed by atoms with Crippen LogP contribution in [0.2, 0.25) is 0 Å². The number of ether oxygens (including phenoxy) is 3. The molecule has 0 saturated carbocycles. The van der Waals surface area contributed by atoms with Crippen molar-refractivity contribution in [2.75, 3.05) is 20.3 Å². The third kappa shape index (κ3) is 3.28. The maximum absolute atomic E-state index is 5.38. The van der Waals surface area contributed by atoms with Gasteiger partial charge in [-0.05, 0) is 19.9 Å². The van der Waals surface area contributed by atoms with Crippen molar-refractivity contribution in [3.63, 3.8) is 0 Å². The molecule has 0 saturated heterocycles. The van der Waals surface area contributed by atoms with E-state index in [2.05, 4.69) is 20.3 Å². The average Bonchev–Trinajstić information content (AvgIpc) is 2.97. The molecule has 0 N–H and O–H groups in total. The summed E-state index contributed by atoms with van der Waals surface area (Å²) in [6, 6.07) is 3.36. The van der Waals surface area contributed by atoms with Crippen LogP contribution in [0.5, 0.6) is 5.88 Å². The molecule has 0 unspecified atom stereocenters. The SMILES string of the molecule is CCOC(OCC)c1nc(-c2ccc(OC)nn2)no1. The lowest BCUT2D eigenvalue weighted by molar-refractivity contribution is -0.155. The fourth-order valence-electron chi connectivity index (χ4n) is 1.48. The Labute approximate surface area is 116 Å². The van der Waals surface area contributed by atoms with Crippen molar-refractivity contribution in [3.8, 4) is 17.4 Å². The number of methoxy groups -OCH3 is 1. The number of aromatic nitrogens is 4. The van der Waals surface area contributed by atoms with Crippen LogP contribution in [0.25, 0.3) is 11.5 Å². The summed E-state index contributed by atoms with van der Waals surface area (Å²) >= 11 is 0. The summed E-state index contributed by atoms with van der Waals surface area (Å²) in [6.07, 6.45) is -0.669. The zero-order valence-corrected chi connectivity index (χ0v) is 11.6. The van der Waals surface area contributed by atoms with Crippen LogP contribution in [-0.2, 0) is 9.47 Å². The number of hydrogen-bond donors (Lipinski definition) is 0. The Morgan fingerprint density at radius 3 is 2.45 bits per heavy atom. The van der Waals surface area contributed by atoms with Gasteiger partial charge < -0.3 is 18.7 Å². The minimum Gasteiger partial charge on any atom is -0.480 e. The molecule has 0 aliphatic carbocycles. The number of rotatable bonds is 7. The van der Waals surface area contributed by atoms with E-state index < -0.39 is 6.29 Å². The first-order valence-electron chi connectivity index (χ1n) is 6.23. The molecule has 0 aliphatic rings. The largest absolute Gasteiger partial charge is 0.480 e. The smallest absolute Gasteiger partial charge is 0.284 e. The van der Waals surface area contributed by atoms with Crippen LogP contribution in [-0.4, -0.2) is 40.7 Å². The highest BCUT2D eigenvalue weighted by Crippen LogP contribution is 2.20. The van der Waals surface area contributed by atoms with Gasteiger partial charge in [-0.1, -0.05) is 5.16 Å². The molecular weight excluding hydrogens is 264 g/mol. The lowest BCUT2D eigenvalue weighted by atomic mass is 10.4. The highest BCUT2D eigenvalue weighted by Gasteiger charge is 2.20. The Kier molecular flexibility index (Phi) is 4.97. The molecule has 0 spiro atoms. The monoisotopic (exact) mass is 280 g/mol. The van der Waals surface area contributed by atoms with Crippen molar-refractivity contribution in [2.45, 2.75) is 20.1 Å². The molecule has 0 bridgehead atoms. The van der Waals surface area contributed by atoms with Crippen molar-refractivity contribution in [2.24, 2.45) is 0 Å². The van der Waals surface area contributed by atoms with E-state index in [-0.39, 0.29) is 5.89 Å². The Morgan fingerprint density at radius 1 is 1.15 bits per heavy atom. The van der Waals surface area contributed by atoms with Gasteiger partial charge in [0, 0.05) is 19.3 Å². The highest BCUT2D eigenvalue weighted by molar-refractivity contribution is 5.47. The number of nitrogens with zero attached hydrogens (tertiary/aromatic N) is 4. The first-order chi connectivity index (χ1) is 9.78. The van der Waals surface area contributed by atoms with E-state index in [1.54, 1.807) is 12.1 Å². The van der Waals surface area contributed by atoms with E-state index in [1.807, 2.05) is 13.8 Å². The summed E-state index contributed by atoms with van der Waals surface area (Å²) < 4.78 is 20.8. The molecule has 2 aromatic heterocycles. The van der Waals surface area contributed by atoms with Crippen molar-refractivity contribution < 1.29 is 18.7 Å². The van der Waals surface area contributed by atoms with Gasteiger partial charge in [0.1, 0.15) is 5.69 Å². The van der Waals surface area contributed by atoms with E-state index >= 15 is 0 Å². The predicted octanol–water partition coefficient (Wildman–Crippen LogP) is 1.61. The molecule has 0 radical (unpaired) electrons. The molecule has 2 rings (SSSR count). The summed E-state index contributed by atoms with van der Waals surface area (Å²) in [5, 5.41) is 11.6. The molecule has 0 atom stereocenters. The van der Waals surface area contributed by atoms with Crippen LogP contribution in [0.3, 0.4) is 0 Å². The molecular formula is C12H16N4O4. The summed E-state index contributed by atoms with van der Waals surface area (Å²) in [6.45, 7) is 4.67. The maximum Gasteiger partial charge on any atom is 0.284 e. The summed E-state index contributed by atoms with van der Waals surface area (Å²) in [5.74, 6) is 0.986. The van der Waals surface area contributed by atoms with Crippen LogP contribution in [0.15, 0.2) is 16.7 Å². The van der Waals surface area contributed by atoms with Gasteiger partial charge in [-0.15, -0.1) is 10.2 Å². The van der Waals surface area contributed by atoms with E-state index in [0.29, 0.717) is 30.6 Å². The van der Waals surface area contributed by atoms with E-state index in [9.17, 15) is 0 Å². The lowest BCUT2D eigenvalue weighted by Crippen LogP contribution is -2.09. The Morgan fingerprint density at radius 2 is 1.90 bits per heavy atom. The van der Waals surface area contributed by atoms with Crippen LogP contribution >= 0.6 is 0 Å². The maximum atomic E-state index is 5.38. The van der Waals surface area contributed by atoms with Crippen LogP contribution < -0.4 is 4.74 Å². The summed E-state index contributed by atoms with van der Waals surface area (Å²) in [5.41, 5.74) is 0.479. The van der Waals surface area contributed by atoms with Crippen molar-refractivity contribution in [1.29, 1.82) is 0 Å². The third-order valence-electron chi connectivity index (χ3n) is 2.36. The molecule has 20 heavy (non-hydrogen) atoms. The van der Waals surface area contributed by atoms with E-state index in [4.69, 9.17) is 18.7 Å². The van der Waals surface area contributed by atoms with Crippen LogP contribution in [0.4, 0.5) is 0 Å². The summed E-state index contributed by atoms with van der Waals surface area (Å²) in [7, 11) is 1.52. The minimum absolute atomic E-state index is 0.251. The van der Waals surface area contributed by atoms with Gasteiger partial charge in [0.2, 0.25) is 18.0 Å². The fraction of sp³-hybridized carbons (Fsp3) is 0.500. The van der Waals surface area contributed by atoms with E-state index in [0.717, 1.165) is 0 Å². The van der Waals surface area contributed by atoms with Gasteiger partial charge >= 0.3 is 0 Å². The molecule has 0 aliphatic heterocycles. The molecule has 2 aromatic rings. The molecule has 0 aromatic carbocycles. The van der Waals surface area contributed by atoms with Gasteiger partial charge in [0.05, 0.1) is 7.11 Å². The van der Waals surface area contributed by atoms with Crippen LogP contribution in [0.1, 0.15) is 26.0 Å². The second-order valence-electron chi connectivity index (χ2n) is 3.66. The van der Waals surface area contributed by atoms with Crippen LogP contribution in [0, 0.1) is 0 Å². The van der Waals surface area contributed by atoms with Crippen molar-refractivity contribution in [3.05, 3.63) is 18.0 Å². The Balaban J connectivity index is 2.17. The highest BCUT2D eigenvalue weighted by atomic mass is 16.7. The molecule has 8 heteroatoms. The first-order valence-corrected chi connectivity index (χ1v) is 6.23. The van der Waals surface area contributed by atoms with E-state index in [1.165, 1.54) is 7.11 Å². The quantitative estimate of drug-likeness (QED) is 0.706. The normalized spacial score (nSPS) is 11.0. The van der Waals surface area contributed by atoms with Crippen molar-refractivity contribution in [1.82, 2.24) is 20.3 Å². The Bertz CT molecular complexity index is 523. The predicted molar refractivity (Wildman–Crippen MR) is 67.9 cm³/mol. The van der Waals surface area contributed by atoms with Gasteiger partial charge in [0.15, 0.2) is 0 Å². The summed E-state index contributed by atoms with van der Waals surface area (Å²) in [4.78, 5) is 4.20. The van der Waals surface area contributed by atoms with Gasteiger partial charge in [0.25, 0.3) is 5.89 Å². The molecule has 0 amide bonds. The fourth-order valence-corrected chi connectivity index (χ4v) is 1.48. The zero-order valence-electron chi connectivity index (χ0n) is 11.6. The minimum atomic E-state index is -0.669. The standard InChI is InChI=1S/C12H16N4O4/c1-4-18-12(19-5-2)11-13-10(16-20-11)8-6-7-9(17-3)15-14-8/h6-7,12H,4-5H2,1-3H3. The molecule has 8 nitrogen and oxygen atoms in total. The number of hydrogen-bond acceptors (Lipinski definition) is 8. The molecule has 108 valence electrons. The topological polar surface area (TPSA) is 92.4 Å². The second kappa shape index (κ2) is 6.92. The zero-order chi connectivity index (χ0) is 14.4. The third-order valence-corrected chi connectivity index (χ3v) is 2.36. The first kappa shape index (κ1) is 14.4. The molecule has 0 fully saturated rings.